The Balaban J connectivity index is 2.00. The maximum Gasteiger partial charge on any atom is 0.294 e. The molecular formula is C7H9N3O3. The van der Waals surface area contributed by atoms with Crippen LogP contribution in [0.25, 0.3) is 0 Å². The molecule has 2 rings (SSSR count). The Labute approximate surface area is 74.5 Å². The molecule has 0 aromatic carbocycles. The van der Waals surface area contributed by atoms with Crippen LogP contribution in [-0.2, 0) is 14.4 Å². The van der Waals surface area contributed by atoms with Crippen molar-refractivity contribution in [3.8, 4) is 0 Å². The highest BCUT2D eigenvalue weighted by atomic mass is 16.7. The Bertz CT molecular complexity index is 281. The van der Waals surface area contributed by atoms with E-state index in [2.05, 4.69) is 10.5 Å². The highest BCUT2D eigenvalue weighted by molar-refractivity contribution is 6.42. The van der Waals surface area contributed by atoms with Crippen molar-refractivity contribution in [2.45, 2.75) is 12.8 Å². The van der Waals surface area contributed by atoms with Crippen LogP contribution in [0.3, 0.4) is 0 Å². The zero-order chi connectivity index (χ0) is 9.26. The van der Waals surface area contributed by atoms with E-state index in [4.69, 9.17) is 4.84 Å². The lowest BCUT2D eigenvalue weighted by Gasteiger charge is -2.11. The molecule has 0 spiro atoms. The van der Waals surface area contributed by atoms with Crippen LogP contribution in [0.15, 0.2) is 5.10 Å². The molecule has 0 aliphatic carbocycles. The molecule has 6 nitrogen and oxygen atoms in total. The van der Waals surface area contributed by atoms with Gasteiger partial charge in [0.05, 0.1) is 19.6 Å². The number of nitrogens with one attached hydrogen (secondary N) is 1. The number of hydrogen-bond acceptors (Lipinski definition) is 4. The molecule has 2 amide bonds. The minimum atomic E-state index is -0.309. The molecule has 1 fully saturated rings. The van der Waals surface area contributed by atoms with Crippen LogP contribution >= 0.6 is 0 Å². The Morgan fingerprint density at radius 1 is 1.62 bits per heavy atom. The first-order chi connectivity index (χ1) is 6.27. The van der Waals surface area contributed by atoms with Gasteiger partial charge in [-0.1, -0.05) is 0 Å². The Morgan fingerprint density at radius 2 is 2.46 bits per heavy atom. The van der Waals surface area contributed by atoms with Gasteiger partial charge in [0.2, 0.25) is 5.91 Å². The van der Waals surface area contributed by atoms with E-state index in [-0.39, 0.29) is 23.9 Å². The van der Waals surface area contributed by atoms with Crippen LogP contribution in [0.2, 0.25) is 0 Å². The van der Waals surface area contributed by atoms with Gasteiger partial charge in [-0.15, -0.1) is 0 Å². The van der Waals surface area contributed by atoms with Crippen LogP contribution in [-0.4, -0.2) is 35.7 Å². The van der Waals surface area contributed by atoms with Gasteiger partial charge in [0.15, 0.2) is 0 Å². The largest absolute Gasteiger partial charge is 0.294 e. The molecule has 0 aromatic rings. The Kier molecular flexibility index (Phi) is 1.97. The number of carbonyl (C=O) groups is 2. The average molecular weight is 183 g/mol. The molecule has 13 heavy (non-hydrogen) atoms. The average Bonchev–Trinajstić information content (AvgIpc) is 2.72. The summed E-state index contributed by atoms with van der Waals surface area (Å²) in [6, 6.07) is 0. The number of nitrogens with zero attached hydrogens (tertiary/aromatic N) is 2. The molecule has 0 atom stereocenters. The lowest BCUT2D eigenvalue weighted by atomic mass is 10.2. The highest BCUT2D eigenvalue weighted by Gasteiger charge is 2.28. The number of rotatable bonds is 1. The first kappa shape index (κ1) is 8.18. The number of hydrazone groups is 1. The fraction of sp³-hybridized carbons (Fsp3) is 0.571. The van der Waals surface area contributed by atoms with Crippen molar-refractivity contribution in [2.24, 2.45) is 5.10 Å². The minimum Gasteiger partial charge on any atom is -0.273 e. The van der Waals surface area contributed by atoms with E-state index in [0.29, 0.717) is 13.2 Å². The Morgan fingerprint density at radius 3 is 3.00 bits per heavy atom. The second kappa shape index (κ2) is 3.14. The predicted molar refractivity (Wildman–Crippen MR) is 42.5 cm³/mol. The van der Waals surface area contributed by atoms with Crippen molar-refractivity contribution in [1.29, 1.82) is 0 Å². The summed E-state index contributed by atoms with van der Waals surface area (Å²) in [6.45, 7) is 1.13. The first-order valence-corrected chi connectivity index (χ1v) is 4.07. The summed E-state index contributed by atoms with van der Waals surface area (Å²) in [4.78, 5) is 27.2. The molecular weight excluding hydrogens is 174 g/mol. The molecule has 1 saturated heterocycles. The van der Waals surface area contributed by atoms with E-state index >= 15 is 0 Å². The summed E-state index contributed by atoms with van der Waals surface area (Å²) in [5.41, 5.74) is 2.45. The fourth-order valence-electron chi connectivity index (χ4n) is 1.24. The van der Waals surface area contributed by atoms with E-state index in [1.807, 2.05) is 0 Å². The molecule has 0 radical (unpaired) electrons. The lowest BCUT2D eigenvalue weighted by Crippen LogP contribution is -2.32. The number of carbonyl (C=O) groups excluding carboxylic acids is 2. The van der Waals surface area contributed by atoms with Gasteiger partial charge < -0.3 is 0 Å². The van der Waals surface area contributed by atoms with Crippen LogP contribution in [0.1, 0.15) is 12.8 Å². The van der Waals surface area contributed by atoms with Gasteiger partial charge >= 0.3 is 0 Å². The van der Waals surface area contributed by atoms with Crippen LogP contribution < -0.4 is 5.43 Å². The van der Waals surface area contributed by atoms with Crippen molar-refractivity contribution in [3.05, 3.63) is 0 Å². The molecule has 70 valence electrons. The van der Waals surface area contributed by atoms with E-state index in [1.165, 1.54) is 5.06 Å². The summed E-state index contributed by atoms with van der Waals surface area (Å²) in [5.74, 6) is -0.557. The quantitative estimate of drug-likeness (QED) is 0.568. The topological polar surface area (TPSA) is 71.0 Å². The number of hydrogen-bond donors (Lipinski definition) is 1. The summed E-state index contributed by atoms with van der Waals surface area (Å²) in [6.07, 6.45) is 0.888. The molecule has 1 N–H and O–H groups in total. The van der Waals surface area contributed by atoms with Crippen LogP contribution in [0, 0.1) is 0 Å². The third kappa shape index (κ3) is 1.52. The lowest BCUT2D eigenvalue weighted by molar-refractivity contribution is -0.160. The van der Waals surface area contributed by atoms with Gasteiger partial charge in [-0.25, -0.2) is 10.5 Å². The van der Waals surface area contributed by atoms with Crippen molar-refractivity contribution >= 4 is 17.5 Å². The van der Waals surface area contributed by atoms with E-state index in [0.717, 1.165) is 6.42 Å². The predicted octanol–water partition coefficient (Wildman–Crippen LogP) is -0.974. The highest BCUT2D eigenvalue weighted by Crippen LogP contribution is 2.08. The van der Waals surface area contributed by atoms with Crippen molar-refractivity contribution < 1.29 is 14.4 Å². The second-order valence-corrected chi connectivity index (χ2v) is 2.86. The van der Waals surface area contributed by atoms with Gasteiger partial charge in [-0.3, -0.25) is 14.4 Å². The molecule has 0 aromatic heterocycles. The van der Waals surface area contributed by atoms with Gasteiger partial charge in [0.1, 0.15) is 5.71 Å². The van der Waals surface area contributed by atoms with Crippen molar-refractivity contribution in [1.82, 2.24) is 10.5 Å². The SMILES string of the molecule is O=C1CC(C(=O)N2CCCO2)=NN1. The first-order valence-electron chi connectivity index (χ1n) is 4.07. The molecule has 6 heteroatoms. The summed E-state index contributed by atoms with van der Waals surface area (Å²) in [5, 5.41) is 4.86. The minimum absolute atomic E-state index is 0.0543. The fourth-order valence-corrected chi connectivity index (χ4v) is 1.24. The number of amides is 2. The maximum atomic E-state index is 11.5. The smallest absolute Gasteiger partial charge is 0.273 e. The van der Waals surface area contributed by atoms with Gasteiger partial charge in [-0.2, -0.15) is 5.10 Å². The summed E-state index contributed by atoms with van der Waals surface area (Å²) >= 11 is 0. The molecule has 2 aliphatic rings. The van der Waals surface area contributed by atoms with Crippen molar-refractivity contribution in [2.75, 3.05) is 13.2 Å². The molecule has 2 heterocycles. The molecule has 0 unspecified atom stereocenters. The maximum absolute atomic E-state index is 11.5. The van der Waals surface area contributed by atoms with Crippen molar-refractivity contribution in [3.63, 3.8) is 0 Å². The van der Waals surface area contributed by atoms with Crippen LogP contribution in [0.5, 0.6) is 0 Å². The third-order valence-corrected chi connectivity index (χ3v) is 1.87. The number of hydroxylamine groups is 2. The standard InChI is InChI=1S/C7H9N3O3/c11-6-4-5(8-9-6)7(12)10-2-1-3-13-10/h1-4H2,(H,9,11). The monoisotopic (exact) mass is 183 g/mol. The Hall–Kier alpha value is -1.43. The van der Waals surface area contributed by atoms with Gasteiger partial charge in [0.25, 0.3) is 5.91 Å². The summed E-state index contributed by atoms with van der Waals surface area (Å²) in [7, 11) is 0. The van der Waals surface area contributed by atoms with Gasteiger partial charge in [-0.05, 0) is 6.42 Å². The zero-order valence-electron chi connectivity index (χ0n) is 6.95. The molecule has 0 saturated carbocycles. The third-order valence-electron chi connectivity index (χ3n) is 1.87. The van der Waals surface area contributed by atoms with E-state index in [9.17, 15) is 9.59 Å². The summed E-state index contributed by atoms with van der Waals surface area (Å²) < 4.78 is 0. The normalized spacial score (nSPS) is 21.7. The van der Waals surface area contributed by atoms with E-state index < -0.39 is 0 Å². The van der Waals surface area contributed by atoms with E-state index in [1.54, 1.807) is 0 Å². The van der Waals surface area contributed by atoms with Gasteiger partial charge in [0, 0.05) is 0 Å². The van der Waals surface area contributed by atoms with Crippen LogP contribution in [0.4, 0.5) is 0 Å². The second-order valence-electron chi connectivity index (χ2n) is 2.86. The molecule has 0 bridgehead atoms. The molecule has 2 aliphatic heterocycles. The zero-order valence-corrected chi connectivity index (χ0v) is 6.95.